The zero-order valence-corrected chi connectivity index (χ0v) is 13.2. The second-order valence-electron chi connectivity index (χ2n) is 5.50. The number of nitrogens with one attached hydrogen (secondary N) is 1. The summed E-state index contributed by atoms with van der Waals surface area (Å²) in [6.45, 7) is 5.87. The minimum absolute atomic E-state index is 0.206. The minimum atomic E-state index is -0.656. The van der Waals surface area contributed by atoms with Crippen molar-refractivity contribution in [1.29, 1.82) is 0 Å². The molecule has 0 bridgehead atoms. The highest BCUT2D eigenvalue weighted by atomic mass is 16.5. The fraction of sp³-hybridized carbons (Fsp3) is 0.562. The standard InChI is InChI=1S/C16H25N3O3/c1-12(19-7-9-22-10-8-19)13-3-5-14(6-4-13)18-16(20)15(17)11-21-2/h3-6,12,15H,7-11,17H2,1-2H3,(H,18,20). The predicted octanol–water partition coefficient (Wildman–Crippen LogP) is 0.992. The highest BCUT2D eigenvalue weighted by Gasteiger charge is 2.18. The number of carbonyl (C=O) groups excluding carboxylic acids is 1. The van der Waals surface area contributed by atoms with Gasteiger partial charge >= 0.3 is 0 Å². The van der Waals surface area contributed by atoms with E-state index in [1.807, 2.05) is 24.3 Å². The fourth-order valence-electron chi connectivity index (χ4n) is 2.51. The van der Waals surface area contributed by atoms with E-state index in [0.717, 1.165) is 32.0 Å². The van der Waals surface area contributed by atoms with Crippen LogP contribution in [-0.4, -0.2) is 56.9 Å². The Labute approximate surface area is 131 Å². The summed E-state index contributed by atoms with van der Waals surface area (Å²) in [6.07, 6.45) is 0. The number of anilines is 1. The Bertz CT molecular complexity index is 472. The first-order valence-corrected chi connectivity index (χ1v) is 7.59. The van der Waals surface area contributed by atoms with Crippen LogP contribution >= 0.6 is 0 Å². The number of nitrogens with zero attached hydrogens (tertiary/aromatic N) is 1. The molecule has 0 spiro atoms. The van der Waals surface area contributed by atoms with Crippen molar-refractivity contribution in [1.82, 2.24) is 4.90 Å². The largest absolute Gasteiger partial charge is 0.383 e. The van der Waals surface area contributed by atoms with Gasteiger partial charge in [0.15, 0.2) is 0 Å². The van der Waals surface area contributed by atoms with Crippen LogP contribution in [0.1, 0.15) is 18.5 Å². The van der Waals surface area contributed by atoms with Gasteiger partial charge in [-0.25, -0.2) is 0 Å². The lowest BCUT2D eigenvalue weighted by Gasteiger charge is -2.32. The summed E-state index contributed by atoms with van der Waals surface area (Å²) < 4.78 is 10.3. The first kappa shape index (κ1) is 16.9. The zero-order valence-electron chi connectivity index (χ0n) is 13.2. The number of hydrogen-bond acceptors (Lipinski definition) is 5. The molecule has 2 unspecified atom stereocenters. The molecule has 22 heavy (non-hydrogen) atoms. The van der Waals surface area contributed by atoms with Crippen molar-refractivity contribution in [3.05, 3.63) is 29.8 Å². The van der Waals surface area contributed by atoms with E-state index >= 15 is 0 Å². The summed E-state index contributed by atoms with van der Waals surface area (Å²) in [7, 11) is 1.52. The van der Waals surface area contributed by atoms with Crippen molar-refractivity contribution in [2.45, 2.75) is 19.0 Å². The average molecular weight is 307 g/mol. The van der Waals surface area contributed by atoms with Crippen LogP contribution in [0, 0.1) is 0 Å². The van der Waals surface area contributed by atoms with E-state index < -0.39 is 6.04 Å². The normalized spacial score (nSPS) is 18.7. The molecule has 1 aliphatic heterocycles. The highest BCUT2D eigenvalue weighted by Crippen LogP contribution is 2.22. The van der Waals surface area contributed by atoms with Crippen LogP contribution in [-0.2, 0) is 14.3 Å². The van der Waals surface area contributed by atoms with E-state index in [9.17, 15) is 4.79 Å². The first-order chi connectivity index (χ1) is 10.6. The minimum Gasteiger partial charge on any atom is -0.383 e. The number of carbonyl (C=O) groups is 1. The molecule has 0 aromatic heterocycles. The third kappa shape index (κ3) is 4.51. The van der Waals surface area contributed by atoms with E-state index in [2.05, 4.69) is 17.1 Å². The van der Waals surface area contributed by atoms with E-state index in [4.69, 9.17) is 15.2 Å². The van der Waals surface area contributed by atoms with Crippen LogP contribution in [0.2, 0.25) is 0 Å². The molecule has 1 amide bonds. The number of benzene rings is 1. The van der Waals surface area contributed by atoms with Gasteiger partial charge in [0.2, 0.25) is 5.91 Å². The van der Waals surface area contributed by atoms with Gasteiger partial charge < -0.3 is 20.5 Å². The Morgan fingerprint density at radius 1 is 1.36 bits per heavy atom. The van der Waals surface area contributed by atoms with E-state index in [1.54, 1.807) is 0 Å². The quantitative estimate of drug-likeness (QED) is 0.819. The van der Waals surface area contributed by atoms with Crippen molar-refractivity contribution < 1.29 is 14.3 Å². The van der Waals surface area contributed by atoms with Gasteiger partial charge in [-0.3, -0.25) is 9.69 Å². The van der Waals surface area contributed by atoms with Gasteiger partial charge in [-0.2, -0.15) is 0 Å². The summed E-state index contributed by atoms with van der Waals surface area (Å²) in [6, 6.07) is 7.57. The van der Waals surface area contributed by atoms with Gasteiger partial charge in [0.25, 0.3) is 0 Å². The van der Waals surface area contributed by atoms with Gasteiger partial charge in [-0.1, -0.05) is 12.1 Å². The first-order valence-electron chi connectivity index (χ1n) is 7.59. The topological polar surface area (TPSA) is 76.8 Å². The smallest absolute Gasteiger partial charge is 0.243 e. The number of hydrogen-bond donors (Lipinski definition) is 2. The lowest BCUT2D eigenvalue weighted by atomic mass is 10.1. The van der Waals surface area contributed by atoms with Crippen molar-refractivity contribution in [2.24, 2.45) is 5.73 Å². The third-order valence-electron chi connectivity index (χ3n) is 3.94. The van der Waals surface area contributed by atoms with Crippen LogP contribution in [0.3, 0.4) is 0 Å². The lowest BCUT2D eigenvalue weighted by molar-refractivity contribution is -0.118. The number of morpholine rings is 1. The second-order valence-corrected chi connectivity index (χ2v) is 5.50. The van der Waals surface area contributed by atoms with Gasteiger partial charge in [0, 0.05) is 31.9 Å². The number of nitrogens with two attached hydrogens (primary N) is 1. The molecule has 0 radical (unpaired) electrons. The molecule has 1 saturated heterocycles. The Balaban J connectivity index is 1.93. The van der Waals surface area contributed by atoms with Gasteiger partial charge in [-0.15, -0.1) is 0 Å². The maximum absolute atomic E-state index is 11.8. The molecule has 2 atom stereocenters. The molecule has 0 saturated carbocycles. The SMILES string of the molecule is COCC(N)C(=O)Nc1ccc(C(C)N2CCOCC2)cc1. The number of methoxy groups -OCH3 is 1. The van der Waals surface area contributed by atoms with Crippen molar-refractivity contribution in [3.63, 3.8) is 0 Å². The van der Waals surface area contributed by atoms with Crippen LogP contribution in [0.25, 0.3) is 0 Å². The van der Waals surface area contributed by atoms with Gasteiger partial charge in [0.05, 0.1) is 19.8 Å². The highest BCUT2D eigenvalue weighted by molar-refractivity contribution is 5.94. The molecule has 3 N–H and O–H groups in total. The Hall–Kier alpha value is -1.47. The van der Waals surface area contributed by atoms with Crippen LogP contribution in [0.15, 0.2) is 24.3 Å². The van der Waals surface area contributed by atoms with E-state index in [-0.39, 0.29) is 12.5 Å². The number of amides is 1. The Morgan fingerprint density at radius 2 is 2.00 bits per heavy atom. The Kier molecular flexibility index (Phi) is 6.33. The van der Waals surface area contributed by atoms with Gasteiger partial charge in [-0.05, 0) is 24.6 Å². The summed E-state index contributed by atoms with van der Waals surface area (Å²) >= 11 is 0. The van der Waals surface area contributed by atoms with Gasteiger partial charge in [0.1, 0.15) is 6.04 Å². The number of rotatable bonds is 6. The maximum Gasteiger partial charge on any atom is 0.243 e. The molecule has 1 aromatic rings. The molecule has 1 aromatic carbocycles. The molecule has 6 nitrogen and oxygen atoms in total. The predicted molar refractivity (Wildman–Crippen MR) is 85.7 cm³/mol. The number of ether oxygens (including phenoxy) is 2. The molecular weight excluding hydrogens is 282 g/mol. The molecule has 122 valence electrons. The fourth-order valence-corrected chi connectivity index (χ4v) is 2.51. The lowest BCUT2D eigenvalue weighted by Crippen LogP contribution is -2.39. The van der Waals surface area contributed by atoms with Crippen LogP contribution in [0.4, 0.5) is 5.69 Å². The molecular formula is C16H25N3O3. The molecule has 0 aliphatic carbocycles. The van der Waals surface area contributed by atoms with E-state index in [1.165, 1.54) is 12.7 Å². The molecule has 6 heteroatoms. The summed E-state index contributed by atoms with van der Waals surface area (Å²) in [5.74, 6) is -0.240. The van der Waals surface area contributed by atoms with Crippen molar-refractivity contribution >= 4 is 11.6 Å². The molecule has 2 rings (SSSR count). The zero-order chi connectivity index (χ0) is 15.9. The third-order valence-corrected chi connectivity index (χ3v) is 3.94. The van der Waals surface area contributed by atoms with Crippen molar-refractivity contribution in [3.8, 4) is 0 Å². The molecule has 1 heterocycles. The maximum atomic E-state index is 11.8. The summed E-state index contributed by atoms with van der Waals surface area (Å²) in [5.41, 5.74) is 7.66. The van der Waals surface area contributed by atoms with Crippen molar-refractivity contribution in [2.75, 3.05) is 45.3 Å². The average Bonchev–Trinajstić information content (AvgIpc) is 2.56. The van der Waals surface area contributed by atoms with Crippen LogP contribution < -0.4 is 11.1 Å². The van der Waals surface area contributed by atoms with E-state index in [0.29, 0.717) is 6.04 Å². The molecule has 1 fully saturated rings. The monoisotopic (exact) mass is 307 g/mol. The molecule has 1 aliphatic rings. The summed E-state index contributed by atoms with van der Waals surface area (Å²) in [4.78, 5) is 14.2. The summed E-state index contributed by atoms with van der Waals surface area (Å²) in [5, 5.41) is 2.79. The second kappa shape index (κ2) is 8.24. The Morgan fingerprint density at radius 3 is 2.59 bits per heavy atom. The van der Waals surface area contributed by atoms with Crippen LogP contribution in [0.5, 0.6) is 0 Å².